The minimum atomic E-state index is -0.112. The highest BCUT2D eigenvalue weighted by molar-refractivity contribution is 5.90. The zero-order chi connectivity index (χ0) is 20.0. The molecule has 0 unspecified atom stereocenters. The second-order valence-electron chi connectivity index (χ2n) is 7.46. The summed E-state index contributed by atoms with van der Waals surface area (Å²) in [6.45, 7) is 2.06. The number of benzene rings is 1. The molecule has 146 valence electrons. The molecule has 1 aromatic carbocycles. The van der Waals surface area contributed by atoms with E-state index in [1.165, 1.54) is 18.4 Å². The first kappa shape index (κ1) is 17.4. The topological polar surface area (TPSA) is 103 Å². The summed E-state index contributed by atoms with van der Waals surface area (Å²) < 4.78 is 3.28. The van der Waals surface area contributed by atoms with Crippen molar-refractivity contribution >= 4 is 23.2 Å². The number of anilines is 2. The predicted octanol–water partition coefficient (Wildman–Crippen LogP) is 3.00. The van der Waals surface area contributed by atoms with Crippen LogP contribution in [-0.2, 0) is 11.3 Å². The number of fused-ring (bicyclic) bond motifs is 1. The summed E-state index contributed by atoms with van der Waals surface area (Å²) in [6.07, 6.45) is 6.22. The van der Waals surface area contributed by atoms with Gasteiger partial charge in [-0.1, -0.05) is 12.1 Å². The molecule has 1 aliphatic rings. The Morgan fingerprint density at radius 1 is 1.21 bits per heavy atom. The molecule has 8 heteroatoms. The molecule has 3 aromatic heterocycles. The Morgan fingerprint density at radius 2 is 2.00 bits per heavy atom. The van der Waals surface area contributed by atoms with Crippen molar-refractivity contribution < 1.29 is 4.79 Å². The van der Waals surface area contributed by atoms with Crippen molar-refractivity contribution in [2.75, 3.05) is 11.1 Å². The summed E-state index contributed by atoms with van der Waals surface area (Å²) in [5.74, 6) is 0.828. The fourth-order valence-corrected chi connectivity index (χ4v) is 3.55. The summed E-state index contributed by atoms with van der Waals surface area (Å²) in [5, 5.41) is 11.5. The molecule has 1 amide bonds. The zero-order valence-electron chi connectivity index (χ0n) is 16.0. The molecule has 4 aromatic rings. The number of carbonyl (C=O) groups excluding carboxylic acids is 1. The minimum absolute atomic E-state index is 0.112. The second-order valence-corrected chi connectivity index (χ2v) is 7.46. The normalized spacial score (nSPS) is 13.7. The fraction of sp³-hybridized carbons (Fsp3) is 0.238. The van der Waals surface area contributed by atoms with Gasteiger partial charge in [0.1, 0.15) is 6.54 Å². The Morgan fingerprint density at radius 3 is 2.76 bits per heavy atom. The molecule has 1 fully saturated rings. The number of rotatable bonds is 5. The van der Waals surface area contributed by atoms with Gasteiger partial charge in [0, 0.05) is 23.6 Å². The zero-order valence-corrected chi connectivity index (χ0v) is 16.0. The molecule has 1 saturated carbocycles. The van der Waals surface area contributed by atoms with E-state index in [9.17, 15) is 4.79 Å². The van der Waals surface area contributed by atoms with E-state index in [1.807, 2.05) is 43.6 Å². The summed E-state index contributed by atoms with van der Waals surface area (Å²) in [7, 11) is 0. The van der Waals surface area contributed by atoms with E-state index in [-0.39, 0.29) is 18.4 Å². The lowest BCUT2D eigenvalue weighted by atomic mass is 10.1. The molecule has 8 nitrogen and oxygen atoms in total. The Hall–Kier alpha value is -3.68. The van der Waals surface area contributed by atoms with Crippen LogP contribution < -0.4 is 11.1 Å². The third-order valence-corrected chi connectivity index (χ3v) is 5.16. The maximum Gasteiger partial charge on any atom is 0.246 e. The third kappa shape index (κ3) is 3.56. The number of nitrogens with one attached hydrogen (secondary N) is 1. The highest BCUT2D eigenvalue weighted by atomic mass is 16.2. The van der Waals surface area contributed by atoms with Gasteiger partial charge in [0.2, 0.25) is 11.9 Å². The van der Waals surface area contributed by atoms with E-state index in [2.05, 4.69) is 32.6 Å². The molecule has 0 aliphatic heterocycles. The largest absolute Gasteiger partial charge is 0.366 e. The quantitative estimate of drug-likeness (QED) is 0.548. The van der Waals surface area contributed by atoms with Gasteiger partial charge in [-0.05, 0) is 61.1 Å². The number of aromatic nitrogens is 5. The van der Waals surface area contributed by atoms with Crippen LogP contribution in [0, 0.1) is 6.92 Å². The van der Waals surface area contributed by atoms with Crippen molar-refractivity contribution in [2.24, 2.45) is 0 Å². The van der Waals surface area contributed by atoms with Crippen LogP contribution in [0.5, 0.6) is 0 Å². The number of amides is 1. The van der Waals surface area contributed by atoms with E-state index < -0.39 is 0 Å². The molecule has 0 atom stereocenters. The van der Waals surface area contributed by atoms with Crippen LogP contribution in [0.4, 0.5) is 11.6 Å². The van der Waals surface area contributed by atoms with E-state index >= 15 is 0 Å². The van der Waals surface area contributed by atoms with E-state index in [0.29, 0.717) is 11.6 Å². The number of carbonyl (C=O) groups is 1. The van der Waals surface area contributed by atoms with Gasteiger partial charge >= 0.3 is 0 Å². The summed E-state index contributed by atoms with van der Waals surface area (Å²) in [6, 6.07) is 11.9. The van der Waals surface area contributed by atoms with E-state index in [0.717, 1.165) is 22.5 Å². The molecule has 0 saturated heterocycles. The monoisotopic (exact) mass is 387 g/mol. The van der Waals surface area contributed by atoms with Crippen molar-refractivity contribution in [2.45, 2.75) is 32.2 Å². The molecular formula is C21H21N7O. The molecule has 5 rings (SSSR count). The lowest BCUT2D eigenvalue weighted by Gasteiger charge is -2.06. The van der Waals surface area contributed by atoms with Crippen LogP contribution >= 0.6 is 0 Å². The number of hydrogen-bond acceptors (Lipinski definition) is 5. The molecule has 0 bridgehead atoms. The number of pyridine rings is 1. The SMILES string of the molecule is Cc1nn(CC(=O)Nc2ccc(C3CC3)cc2)cc1-c1ccn2nc(N)nc2c1. The van der Waals surface area contributed by atoms with Crippen LogP contribution in [0.2, 0.25) is 0 Å². The lowest BCUT2D eigenvalue weighted by Crippen LogP contribution is -2.19. The molecule has 3 N–H and O–H groups in total. The van der Waals surface area contributed by atoms with Gasteiger partial charge in [0.05, 0.1) is 5.69 Å². The van der Waals surface area contributed by atoms with Gasteiger partial charge in [-0.3, -0.25) is 9.48 Å². The number of aryl methyl sites for hydroxylation is 1. The van der Waals surface area contributed by atoms with Crippen LogP contribution in [0.15, 0.2) is 48.8 Å². The van der Waals surface area contributed by atoms with Crippen LogP contribution in [0.1, 0.15) is 30.0 Å². The standard InChI is InChI=1S/C21H21N7O/c1-13-18(16-8-9-28-19(10-16)24-21(22)26-28)11-27(25-13)12-20(29)23-17-6-4-15(5-7-17)14-2-3-14/h4-11,14H,2-3,12H2,1H3,(H2,22,26)(H,23,29). The summed E-state index contributed by atoms with van der Waals surface area (Å²) in [5.41, 5.74) is 11.2. The maximum absolute atomic E-state index is 12.4. The Bertz CT molecular complexity index is 1200. The summed E-state index contributed by atoms with van der Waals surface area (Å²) in [4.78, 5) is 16.6. The van der Waals surface area contributed by atoms with Crippen molar-refractivity contribution in [3.05, 3.63) is 60.0 Å². The van der Waals surface area contributed by atoms with Crippen molar-refractivity contribution in [3.63, 3.8) is 0 Å². The van der Waals surface area contributed by atoms with Gasteiger partial charge in [0.25, 0.3) is 0 Å². The molecule has 1 aliphatic carbocycles. The van der Waals surface area contributed by atoms with Crippen LogP contribution in [0.25, 0.3) is 16.8 Å². The molecule has 3 heterocycles. The first-order valence-corrected chi connectivity index (χ1v) is 9.61. The lowest BCUT2D eigenvalue weighted by molar-refractivity contribution is -0.116. The van der Waals surface area contributed by atoms with Crippen LogP contribution in [0.3, 0.4) is 0 Å². The molecule has 0 radical (unpaired) electrons. The average Bonchev–Trinajstić information content (AvgIpc) is 3.38. The molecule has 29 heavy (non-hydrogen) atoms. The first-order valence-electron chi connectivity index (χ1n) is 9.61. The molecular weight excluding hydrogens is 366 g/mol. The molecule has 0 spiro atoms. The van der Waals surface area contributed by atoms with Crippen molar-refractivity contribution in [1.29, 1.82) is 0 Å². The third-order valence-electron chi connectivity index (χ3n) is 5.16. The maximum atomic E-state index is 12.4. The van der Waals surface area contributed by atoms with E-state index in [1.54, 1.807) is 9.20 Å². The smallest absolute Gasteiger partial charge is 0.246 e. The van der Waals surface area contributed by atoms with Gasteiger partial charge < -0.3 is 11.1 Å². The highest BCUT2D eigenvalue weighted by Gasteiger charge is 2.23. The Labute approximate surface area is 167 Å². The van der Waals surface area contributed by atoms with Crippen LogP contribution in [-0.4, -0.2) is 30.3 Å². The Balaban J connectivity index is 1.30. The number of nitrogen functional groups attached to an aromatic ring is 1. The predicted molar refractivity (Wildman–Crippen MR) is 110 cm³/mol. The van der Waals surface area contributed by atoms with Crippen molar-refractivity contribution in [3.8, 4) is 11.1 Å². The highest BCUT2D eigenvalue weighted by Crippen LogP contribution is 2.40. The number of nitrogens with two attached hydrogens (primary N) is 1. The van der Waals surface area contributed by atoms with Gasteiger partial charge in [-0.15, -0.1) is 5.10 Å². The average molecular weight is 387 g/mol. The first-order chi connectivity index (χ1) is 14.0. The van der Waals surface area contributed by atoms with Gasteiger partial charge in [-0.2, -0.15) is 10.1 Å². The number of nitrogens with zero attached hydrogens (tertiary/aromatic N) is 5. The van der Waals surface area contributed by atoms with Crippen molar-refractivity contribution in [1.82, 2.24) is 24.4 Å². The Kier molecular flexibility index (Phi) is 4.04. The van der Waals surface area contributed by atoms with E-state index in [4.69, 9.17) is 5.73 Å². The summed E-state index contributed by atoms with van der Waals surface area (Å²) >= 11 is 0. The fourth-order valence-electron chi connectivity index (χ4n) is 3.55. The van der Waals surface area contributed by atoms with Gasteiger partial charge in [0.15, 0.2) is 5.65 Å². The number of hydrogen-bond donors (Lipinski definition) is 2. The van der Waals surface area contributed by atoms with Gasteiger partial charge in [-0.25, -0.2) is 4.52 Å². The second kappa shape index (κ2) is 6.73. The minimum Gasteiger partial charge on any atom is -0.366 e.